The van der Waals surface area contributed by atoms with E-state index in [0.29, 0.717) is 21.3 Å². The van der Waals surface area contributed by atoms with Gasteiger partial charge in [-0.05, 0) is 39.7 Å². The quantitative estimate of drug-likeness (QED) is 0.740. The van der Waals surface area contributed by atoms with Crippen LogP contribution in [0.5, 0.6) is 0 Å². The molecule has 0 fully saturated rings. The molecule has 2 aromatic rings. The van der Waals surface area contributed by atoms with Crippen molar-refractivity contribution in [3.05, 3.63) is 64.1 Å². The highest BCUT2D eigenvalue weighted by Crippen LogP contribution is 2.21. The molecule has 1 unspecified atom stereocenters. The van der Waals surface area contributed by atoms with Crippen LogP contribution in [-0.4, -0.2) is 17.0 Å². The summed E-state index contributed by atoms with van der Waals surface area (Å²) in [5, 5.41) is 11.8. The number of hydrogen-bond donors (Lipinski definition) is 3. The maximum absolute atomic E-state index is 12.2. The molecule has 0 aromatic heterocycles. The summed E-state index contributed by atoms with van der Waals surface area (Å²) in [4.78, 5) is 23.5. The molecular formula is C15H13BrN2O3. The number of aliphatic carboxylic acids is 1. The highest BCUT2D eigenvalue weighted by Gasteiger charge is 2.22. The lowest BCUT2D eigenvalue weighted by Gasteiger charge is -2.15. The smallest absolute Gasteiger partial charge is 0.330 e. The standard InChI is InChI=1S/C15H13BrN2O3/c16-11-7-6-10(8-12(11)17)14(19)18-13(15(20)21)9-4-2-1-3-5-9/h1-8,13H,17H2,(H,18,19)(H,20,21). The van der Waals surface area contributed by atoms with Crippen molar-refractivity contribution in [1.29, 1.82) is 0 Å². The predicted molar refractivity (Wildman–Crippen MR) is 82.8 cm³/mol. The monoisotopic (exact) mass is 348 g/mol. The maximum atomic E-state index is 12.2. The lowest BCUT2D eigenvalue weighted by atomic mass is 10.1. The molecule has 0 aliphatic carbocycles. The van der Waals surface area contributed by atoms with E-state index in [2.05, 4.69) is 21.2 Å². The number of carbonyl (C=O) groups excluding carboxylic acids is 1. The van der Waals surface area contributed by atoms with Gasteiger partial charge >= 0.3 is 5.97 Å². The highest BCUT2D eigenvalue weighted by molar-refractivity contribution is 9.10. The van der Waals surface area contributed by atoms with E-state index in [4.69, 9.17) is 5.73 Å². The van der Waals surface area contributed by atoms with E-state index in [1.54, 1.807) is 42.5 Å². The Bertz CT molecular complexity index is 674. The second kappa shape index (κ2) is 6.41. The van der Waals surface area contributed by atoms with Crippen LogP contribution in [0, 0.1) is 0 Å². The van der Waals surface area contributed by atoms with Gasteiger partial charge in [0.05, 0.1) is 0 Å². The molecule has 0 heterocycles. The molecule has 0 aliphatic rings. The molecule has 4 N–H and O–H groups in total. The fourth-order valence-electron chi connectivity index (χ4n) is 1.83. The molecule has 2 aromatic carbocycles. The van der Waals surface area contributed by atoms with Crippen LogP contribution in [-0.2, 0) is 4.79 Å². The molecule has 0 saturated heterocycles. The van der Waals surface area contributed by atoms with Crippen LogP contribution in [0.1, 0.15) is 22.0 Å². The molecule has 0 bridgehead atoms. The second-order valence-electron chi connectivity index (χ2n) is 4.39. The van der Waals surface area contributed by atoms with Crippen molar-refractivity contribution < 1.29 is 14.7 Å². The van der Waals surface area contributed by atoms with E-state index >= 15 is 0 Å². The summed E-state index contributed by atoms with van der Waals surface area (Å²) in [5.41, 5.74) is 6.94. The number of carbonyl (C=O) groups is 2. The first kappa shape index (κ1) is 15.1. The van der Waals surface area contributed by atoms with Crippen LogP contribution in [0.15, 0.2) is 53.0 Å². The van der Waals surface area contributed by atoms with Gasteiger partial charge in [-0.1, -0.05) is 30.3 Å². The minimum atomic E-state index is -1.13. The van der Waals surface area contributed by atoms with Gasteiger partial charge in [-0.15, -0.1) is 0 Å². The van der Waals surface area contributed by atoms with E-state index in [1.165, 1.54) is 6.07 Å². The lowest BCUT2D eigenvalue weighted by molar-refractivity contribution is -0.139. The molecule has 6 heteroatoms. The molecule has 0 aliphatic heterocycles. The molecule has 1 atom stereocenters. The predicted octanol–water partition coefficient (Wildman–Crippen LogP) is 2.59. The van der Waals surface area contributed by atoms with Crippen LogP contribution in [0.2, 0.25) is 0 Å². The third-order valence-corrected chi connectivity index (χ3v) is 3.64. The first-order valence-corrected chi connectivity index (χ1v) is 6.92. The van der Waals surface area contributed by atoms with Gasteiger partial charge in [0.1, 0.15) is 0 Å². The van der Waals surface area contributed by atoms with Crippen molar-refractivity contribution in [2.75, 3.05) is 5.73 Å². The zero-order valence-electron chi connectivity index (χ0n) is 10.9. The number of carboxylic acids is 1. The van der Waals surface area contributed by atoms with Crippen molar-refractivity contribution in [3.63, 3.8) is 0 Å². The molecule has 1 amide bonds. The van der Waals surface area contributed by atoms with Gasteiger partial charge in [-0.3, -0.25) is 4.79 Å². The Morgan fingerprint density at radius 1 is 1.14 bits per heavy atom. The van der Waals surface area contributed by atoms with Gasteiger partial charge in [0, 0.05) is 15.7 Å². The number of carboxylic acid groups (broad SMARTS) is 1. The minimum absolute atomic E-state index is 0.304. The van der Waals surface area contributed by atoms with Gasteiger partial charge in [0.2, 0.25) is 0 Å². The number of amides is 1. The van der Waals surface area contributed by atoms with E-state index in [0.717, 1.165) is 0 Å². The van der Waals surface area contributed by atoms with Gasteiger partial charge < -0.3 is 16.2 Å². The Morgan fingerprint density at radius 3 is 2.38 bits per heavy atom. The Hall–Kier alpha value is -2.34. The van der Waals surface area contributed by atoms with Crippen LogP contribution in [0.3, 0.4) is 0 Å². The number of benzene rings is 2. The zero-order chi connectivity index (χ0) is 15.4. The number of hydrogen-bond acceptors (Lipinski definition) is 3. The third-order valence-electron chi connectivity index (χ3n) is 2.91. The summed E-state index contributed by atoms with van der Waals surface area (Å²) < 4.78 is 0.678. The van der Waals surface area contributed by atoms with Crippen LogP contribution in [0.4, 0.5) is 5.69 Å². The van der Waals surface area contributed by atoms with E-state index in [9.17, 15) is 14.7 Å². The largest absolute Gasteiger partial charge is 0.479 e. The van der Waals surface area contributed by atoms with Gasteiger partial charge in [0.25, 0.3) is 5.91 Å². The molecule has 2 rings (SSSR count). The summed E-state index contributed by atoms with van der Waals surface area (Å²) in [7, 11) is 0. The van der Waals surface area contributed by atoms with Crippen molar-refractivity contribution >= 4 is 33.5 Å². The van der Waals surface area contributed by atoms with Crippen LogP contribution in [0.25, 0.3) is 0 Å². The lowest BCUT2D eigenvalue weighted by Crippen LogP contribution is -2.33. The summed E-state index contributed by atoms with van der Waals surface area (Å²) in [6, 6.07) is 12.1. The number of nitrogen functional groups attached to an aromatic ring is 1. The van der Waals surface area contributed by atoms with Crippen LogP contribution < -0.4 is 11.1 Å². The molecule has 0 spiro atoms. The zero-order valence-corrected chi connectivity index (χ0v) is 12.5. The number of halogens is 1. The molecular weight excluding hydrogens is 336 g/mol. The molecule has 0 radical (unpaired) electrons. The number of nitrogens with two attached hydrogens (primary N) is 1. The normalized spacial score (nSPS) is 11.7. The molecule has 21 heavy (non-hydrogen) atoms. The van der Waals surface area contributed by atoms with Crippen molar-refractivity contribution in [2.24, 2.45) is 0 Å². The summed E-state index contributed by atoms with van der Waals surface area (Å²) in [5.74, 6) is -1.62. The van der Waals surface area contributed by atoms with Crippen LogP contribution >= 0.6 is 15.9 Å². The SMILES string of the molecule is Nc1cc(C(=O)NC(C(=O)O)c2ccccc2)ccc1Br. The fourth-order valence-corrected chi connectivity index (χ4v) is 2.08. The Kier molecular flexibility index (Phi) is 4.59. The van der Waals surface area contributed by atoms with Crippen molar-refractivity contribution in [2.45, 2.75) is 6.04 Å². The summed E-state index contributed by atoms with van der Waals surface area (Å²) in [6.07, 6.45) is 0. The first-order valence-electron chi connectivity index (χ1n) is 6.12. The first-order chi connectivity index (χ1) is 9.99. The van der Waals surface area contributed by atoms with E-state index < -0.39 is 17.9 Å². The van der Waals surface area contributed by atoms with Gasteiger partial charge in [-0.2, -0.15) is 0 Å². The van der Waals surface area contributed by atoms with E-state index in [1.807, 2.05) is 0 Å². The molecule has 0 saturated carbocycles. The maximum Gasteiger partial charge on any atom is 0.330 e. The van der Waals surface area contributed by atoms with Crippen molar-refractivity contribution in [3.8, 4) is 0 Å². The number of rotatable bonds is 4. The number of nitrogens with one attached hydrogen (secondary N) is 1. The average molecular weight is 349 g/mol. The fraction of sp³-hybridized carbons (Fsp3) is 0.0667. The minimum Gasteiger partial charge on any atom is -0.479 e. The summed E-state index contributed by atoms with van der Waals surface area (Å²) in [6.45, 7) is 0. The molecule has 5 nitrogen and oxygen atoms in total. The van der Waals surface area contributed by atoms with E-state index in [-0.39, 0.29) is 0 Å². The average Bonchev–Trinajstić information content (AvgIpc) is 2.48. The second-order valence-corrected chi connectivity index (χ2v) is 5.25. The topological polar surface area (TPSA) is 92.4 Å². The Labute approximate surface area is 129 Å². The highest BCUT2D eigenvalue weighted by atomic mass is 79.9. The number of anilines is 1. The summed E-state index contributed by atoms with van der Waals surface area (Å²) >= 11 is 3.24. The van der Waals surface area contributed by atoms with Gasteiger partial charge in [-0.25, -0.2) is 4.79 Å². The van der Waals surface area contributed by atoms with Crippen molar-refractivity contribution in [1.82, 2.24) is 5.32 Å². The Morgan fingerprint density at radius 2 is 1.81 bits per heavy atom. The third kappa shape index (κ3) is 3.61. The molecule has 108 valence electrons. The Balaban J connectivity index is 2.23. The van der Waals surface area contributed by atoms with Gasteiger partial charge in [0.15, 0.2) is 6.04 Å².